The van der Waals surface area contributed by atoms with Crippen LogP contribution in [0.25, 0.3) is 0 Å². The van der Waals surface area contributed by atoms with Crippen molar-refractivity contribution < 1.29 is 0 Å². The van der Waals surface area contributed by atoms with Crippen LogP contribution < -0.4 is 10.2 Å². The summed E-state index contributed by atoms with van der Waals surface area (Å²) in [6.07, 6.45) is 4.87. The Hall–Kier alpha value is -1.35. The molecule has 1 heterocycles. The lowest BCUT2D eigenvalue weighted by atomic mass is 10.2. The lowest BCUT2D eigenvalue weighted by Gasteiger charge is -2.19. The Morgan fingerprint density at radius 1 is 1.56 bits per heavy atom. The van der Waals surface area contributed by atoms with Gasteiger partial charge in [-0.1, -0.05) is 19.1 Å². The van der Waals surface area contributed by atoms with Gasteiger partial charge in [0.2, 0.25) is 0 Å². The van der Waals surface area contributed by atoms with Gasteiger partial charge in [0.05, 0.1) is 0 Å². The number of aromatic nitrogens is 1. The van der Waals surface area contributed by atoms with Gasteiger partial charge < -0.3 is 10.2 Å². The van der Waals surface area contributed by atoms with E-state index in [-0.39, 0.29) is 0 Å². The van der Waals surface area contributed by atoms with Crippen molar-refractivity contribution in [1.29, 1.82) is 0 Å². The second-order valence-corrected chi connectivity index (χ2v) is 3.83. The van der Waals surface area contributed by atoms with Gasteiger partial charge in [0, 0.05) is 31.9 Å². The molecule has 0 radical (unpaired) electrons. The lowest BCUT2D eigenvalue weighted by molar-refractivity contribution is 0.672. The van der Waals surface area contributed by atoms with Gasteiger partial charge in [-0.3, -0.25) is 0 Å². The van der Waals surface area contributed by atoms with Crippen LogP contribution in [0, 0.1) is 0 Å². The molecule has 0 spiro atoms. The molecular weight excluding hydrogens is 198 g/mol. The molecule has 88 valence electrons. The summed E-state index contributed by atoms with van der Waals surface area (Å²) in [5, 5.41) is 3.40. The molecule has 0 bridgehead atoms. The van der Waals surface area contributed by atoms with Gasteiger partial charge in [0.15, 0.2) is 0 Å². The molecule has 0 atom stereocenters. The molecule has 1 aromatic rings. The number of nitrogens with one attached hydrogen (secondary N) is 1. The molecule has 0 aromatic carbocycles. The predicted octanol–water partition coefficient (Wildman–Crippen LogP) is 2.20. The molecule has 0 fully saturated rings. The Labute approximate surface area is 98.2 Å². The second-order valence-electron chi connectivity index (χ2n) is 3.83. The van der Waals surface area contributed by atoms with Gasteiger partial charge in [0.1, 0.15) is 5.82 Å². The summed E-state index contributed by atoms with van der Waals surface area (Å²) in [6, 6.07) is 4.10. The van der Waals surface area contributed by atoms with E-state index in [1.54, 1.807) is 0 Å². The summed E-state index contributed by atoms with van der Waals surface area (Å²) in [5.74, 6) is 1.03. The summed E-state index contributed by atoms with van der Waals surface area (Å²) in [4.78, 5) is 6.52. The fourth-order valence-corrected chi connectivity index (χ4v) is 1.59. The predicted molar refractivity (Wildman–Crippen MR) is 69.7 cm³/mol. The minimum atomic E-state index is 0.817. The van der Waals surface area contributed by atoms with E-state index >= 15 is 0 Å². The smallest absolute Gasteiger partial charge is 0.133 e. The Morgan fingerprint density at radius 3 is 3.06 bits per heavy atom. The molecule has 0 aliphatic heterocycles. The number of nitrogens with zero attached hydrogens (tertiary/aromatic N) is 2. The van der Waals surface area contributed by atoms with E-state index in [0.717, 1.165) is 31.9 Å². The van der Waals surface area contributed by atoms with Gasteiger partial charge in [-0.2, -0.15) is 0 Å². The van der Waals surface area contributed by atoms with Crippen molar-refractivity contribution in [2.75, 3.05) is 25.0 Å². The van der Waals surface area contributed by atoms with Crippen LogP contribution in [0.15, 0.2) is 31.0 Å². The Kier molecular flexibility index (Phi) is 5.57. The van der Waals surface area contributed by atoms with Crippen LogP contribution in [-0.2, 0) is 6.54 Å². The molecule has 3 heteroatoms. The van der Waals surface area contributed by atoms with Crippen LogP contribution in [-0.4, -0.2) is 25.1 Å². The Bertz CT molecular complexity index is 323. The molecule has 3 nitrogen and oxygen atoms in total. The highest BCUT2D eigenvalue weighted by Gasteiger charge is 2.06. The summed E-state index contributed by atoms with van der Waals surface area (Å²) < 4.78 is 0. The fraction of sp³-hybridized carbons (Fsp3) is 0.462. The molecule has 1 N–H and O–H groups in total. The van der Waals surface area contributed by atoms with E-state index in [0.29, 0.717) is 0 Å². The summed E-state index contributed by atoms with van der Waals surface area (Å²) >= 11 is 0. The van der Waals surface area contributed by atoms with Crippen molar-refractivity contribution in [1.82, 2.24) is 10.3 Å². The van der Waals surface area contributed by atoms with Crippen LogP contribution in [0.1, 0.15) is 18.9 Å². The van der Waals surface area contributed by atoms with E-state index < -0.39 is 0 Å². The number of hydrogen-bond donors (Lipinski definition) is 1. The summed E-state index contributed by atoms with van der Waals surface area (Å²) in [5.41, 5.74) is 1.24. The molecule has 1 aromatic heterocycles. The zero-order chi connectivity index (χ0) is 11.8. The first-order valence-electron chi connectivity index (χ1n) is 5.76. The minimum absolute atomic E-state index is 0.817. The van der Waals surface area contributed by atoms with Gasteiger partial charge >= 0.3 is 0 Å². The van der Waals surface area contributed by atoms with Gasteiger partial charge in [-0.05, 0) is 19.0 Å². The maximum absolute atomic E-state index is 4.41. The topological polar surface area (TPSA) is 28.2 Å². The van der Waals surface area contributed by atoms with Crippen molar-refractivity contribution in [2.45, 2.75) is 19.9 Å². The minimum Gasteiger partial charge on any atom is -0.356 e. The maximum Gasteiger partial charge on any atom is 0.133 e. The van der Waals surface area contributed by atoms with Gasteiger partial charge in [-0.15, -0.1) is 6.58 Å². The third-order valence-corrected chi connectivity index (χ3v) is 2.37. The van der Waals surface area contributed by atoms with E-state index in [1.807, 2.05) is 25.4 Å². The first-order valence-corrected chi connectivity index (χ1v) is 5.76. The zero-order valence-electron chi connectivity index (χ0n) is 10.2. The molecule has 0 aliphatic rings. The molecule has 0 saturated heterocycles. The molecule has 0 aliphatic carbocycles. The normalized spacial score (nSPS) is 10.1. The average molecular weight is 219 g/mol. The van der Waals surface area contributed by atoms with Crippen molar-refractivity contribution in [3.05, 3.63) is 36.5 Å². The molecule has 16 heavy (non-hydrogen) atoms. The van der Waals surface area contributed by atoms with Crippen LogP contribution in [0.4, 0.5) is 5.82 Å². The summed E-state index contributed by atoms with van der Waals surface area (Å²) in [6.45, 7) is 8.65. The highest BCUT2D eigenvalue weighted by atomic mass is 15.2. The number of hydrogen-bond acceptors (Lipinski definition) is 3. The fourth-order valence-electron chi connectivity index (χ4n) is 1.59. The number of anilines is 1. The SMILES string of the molecule is C=CCN(C)c1ncccc1CNCCC. The third kappa shape index (κ3) is 3.66. The maximum atomic E-state index is 4.41. The molecule has 0 saturated carbocycles. The van der Waals surface area contributed by atoms with E-state index in [4.69, 9.17) is 0 Å². The first kappa shape index (κ1) is 12.7. The van der Waals surface area contributed by atoms with Crippen LogP contribution in [0.2, 0.25) is 0 Å². The number of rotatable bonds is 7. The highest BCUT2D eigenvalue weighted by molar-refractivity contribution is 5.46. The third-order valence-electron chi connectivity index (χ3n) is 2.37. The Morgan fingerprint density at radius 2 is 2.38 bits per heavy atom. The largest absolute Gasteiger partial charge is 0.356 e. The van der Waals surface area contributed by atoms with Gasteiger partial charge in [-0.25, -0.2) is 4.98 Å². The van der Waals surface area contributed by atoms with Crippen molar-refractivity contribution in [2.24, 2.45) is 0 Å². The van der Waals surface area contributed by atoms with E-state index in [9.17, 15) is 0 Å². The standard InChI is InChI=1S/C13H21N3/c1-4-8-14-11-12-7-6-9-15-13(12)16(3)10-5-2/h5-7,9,14H,2,4,8,10-11H2,1,3H3. The monoisotopic (exact) mass is 219 g/mol. The zero-order valence-corrected chi connectivity index (χ0v) is 10.2. The first-order chi connectivity index (χ1) is 7.79. The molecule has 0 unspecified atom stereocenters. The second kappa shape index (κ2) is 7.01. The Balaban J connectivity index is 2.70. The lowest BCUT2D eigenvalue weighted by Crippen LogP contribution is -2.22. The van der Waals surface area contributed by atoms with E-state index in [2.05, 4.69) is 34.8 Å². The highest BCUT2D eigenvalue weighted by Crippen LogP contribution is 2.15. The summed E-state index contributed by atoms with van der Waals surface area (Å²) in [7, 11) is 2.04. The van der Waals surface area contributed by atoms with Crippen molar-refractivity contribution >= 4 is 5.82 Å². The number of likely N-dealkylation sites (N-methyl/N-ethyl adjacent to an activating group) is 1. The van der Waals surface area contributed by atoms with E-state index in [1.165, 1.54) is 5.56 Å². The van der Waals surface area contributed by atoms with Crippen molar-refractivity contribution in [3.63, 3.8) is 0 Å². The van der Waals surface area contributed by atoms with Gasteiger partial charge in [0.25, 0.3) is 0 Å². The van der Waals surface area contributed by atoms with Crippen LogP contribution in [0.3, 0.4) is 0 Å². The van der Waals surface area contributed by atoms with Crippen LogP contribution in [0.5, 0.6) is 0 Å². The molecule has 0 amide bonds. The van der Waals surface area contributed by atoms with Crippen LogP contribution >= 0.6 is 0 Å². The average Bonchev–Trinajstić information content (AvgIpc) is 2.30. The quantitative estimate of drug-likeness (QED) is 0.563. The van der Waals surface area contributed by atoms with Crippen molar-refractivity contribution in [3.8, 4) is 0 Å². The molecule has 1 rings (SSSR count). The molecular formula is C13H21N3. The number of pyridine rings is 1.